The molecule has 1 atom stereocenters. The maximum absolute atomic E-state index is 11.7. The van der Waals surface area contributed by atoms with Crippen molar-refractivity contribution in [2.24, 2.45) is 11.1 Å². The van der Waals surface area contributed by atoms with E-state index in [1.54, 1.807) is 13.8 Å². The lowest BCUT2D eigenvalue weighted by atomic mass is 9.77. The van der Waals surface area contributed by atoms with Gasteiger partial charge >= 0.3 is 11.5 Å². The first kappa shape index (κ1) is 18.8. The van der Waals surface area contributed by atoms with E-state index >= 15 is 0 Å². The van der Waals surface area contributed by atoms with Crippen LogP contribution in [0.5, 0.6) is 0 Å². The van der Waals surface area contributed by atoms with E-state index in [4.69, 9.17) is 21.3 Å². The lowest BCUT2D eigenvalue weighted by Gasteiger charge is -2.40. The number of aromatic nitrogens is 4. The van der Waals surface area contributed by atoms with Crippen molar-refractivity contribution in [2.75, 3.05) is 12.3 Å². The molecule has 11 heteroatoms. The molecule has 0 radical (unpaired) electrons. The molecule has 2 aromatic rings. The predicted octanol–water partition coefficient (Wildman–Crippen LogP) is -0.786. The number of nitrogens with one attached hydrogen (secondary N) is 1. The van der Waals surface area contributed by atoms with Crippen molar-refractivity contribution >= 4 is 23.1 Å². The van der Waals surface area contributed by atoms with Crippen molar-refractivity contribution in [1.29, 1.82) is 0 Å². The Labute approximate surface area is 142 Å². The Morgan fingerprint density at radius 2 is 2.16 bits per heavy atom. The number of aliphatic carboxylic acids is 1. The number of hydrogen-bond donors (Lipinski definition) is 5. The summed E-state index contributed by atoms with van der Waals surface area (Å²) in [6, 6.07) is 0. The van der Waals surface area contributed by atoms with E-state index in [0.29, 0.717) is 12.8 Å². The zero-order valence-corrected chi connectivity index (χ0v) is 14.0. The van der Waals surface area contributed by atoms with Crippen molar-refractivity contribution in [2.45, 2.75) is 39.1 Å². The van der Waals surface area contributed by atoms with E-state index in [1.807, 2.05) is 0 Å². The van der Waals surface area contributed by atoms with Crippen molar-refractivity contribution in [3.63, 3.8) is 0 Å². The summed E-state index contributed by atoms with van der Waals surface area (Å²) in [5.74, 6) is -1.44. The van der Waals surface area contributed by atoms with Crippen LogP contribution in [0.15, 0.2) is 11.1 Å². The van der Waals surface area contributed by atoms with Crippen molar-refractivity contribution in [1.82, 2.24) is 19.5 Å². The van der Waals surface area contributed by atoms with Gasteiger partial charge in [0.1, 0.15) is 12.4 Å². The number of H-pyrrole nitrogens is 1. The van der Waals surface area contributed by atoms with Gasteiger partial charge < -0.3 is 25.7 Å². The first-order chi connectivity index (χ1) is 11.6. The first-order valence-electron chi connectivity index (χ1n) is 7.60. The van der Waals surface area contributed by atoms with Gasteiger partial charge in [-0.15, -0.1) is 0 Å². The van der Waals surface area contributed by atoms with Gasteiger partial charge in [0.15, 0.2) is 5.52 Å². The Morgan fingerprint density at radius 1 is 1.48 bits per heavy atom. The molecule has 11 nitrogen and oxygen atoms in total. The summed E-state index contributed by atoms with van der Waals surface area (Å²) in [4.78, 5) is 33.6. The van der Waals surface area contributed by atoms with Crippen LogP contribution in [0, 0.1) is 5.41 Å². The minimum atomic E-state index is -2.02. The fourth-order valence-corrected chi connectivity index (χ4v) is 2.50. The standard InChI is InChI=1S/C14H22N6O5/c1-13(2,4-3-5-21)14(16,11(23)24)25-7-20-6-17-8-9(20)18-12(15)19-10(8)22/h6,21H,3-5,7,16H2,1-2H3,(H,23,24)(H3,15,18,19,22)/t14-/m1/s1. The van der Waals surface area contributed by atoms with E-state index < -0.39 is 22.7 Å². The fourth-order valence-electron chi connectivity index (χ4n) is 2.50. The topological polar surface area (TPSA) is 182 Å². The number of aliphatic hydroxyl groups is 1. The van der Waals surface area contributed by atoms with Crippen LogP contribution in [0.25, 0.3) is 11.2 Å². The molecule has 0 aromatic carbocycles. The van der Waals surface area contributed by atoms with Crippen LogP contribution in [-0.2, 0) is 16.3 Å². The van der Waals surface area contributed by atoms with Gasteiger partial charge in [-0.2, -0.15) is 4.98 Å². The quantitative estimate of drug-likeness (QED) is 0.379. The SMILES string of the molecule is CC(C)(CCCO)[C@](N)(OCn1cnc2c(=O)nc(N)[nH]c21)C(=O)O. The minimum Gasteiger partial charge on any atom is -0.478 e. The number of fused-ring (bicyclic) bond motifs is 1. The number of rotatable bonds is 8. The maximum atomic E-state index is 11.7. The Kier molecular flexibility index (Phi) is 5.11. The van der Waals surface area contributed by atoms with Gasteiger partial charge in [-0.1, -0.05) is 13.8 Å². The Hall–Kier alpha value is -2.50. The fraction of sp³-hybridized carbons (Fsp3) is 0.571. The Bertz CT molecular complexity index is 829. The van der Waals surface area contributed by atoms with E-state index in [1.165, 1.54) is 10.9 Å². The van der Waals surface area contributed by atoms with Crippen LogP contribution >= 0.6 is 0 Å². The van der Waals surface area contributed by atoms with Crippen LogP contribution in [0.1, 0.15) is 26.7 Å². The second kappa shape index (κ2) is 6.78. The molecule has 0 aliphatic carbocycles. The molecule has 25 heavy (non-hydrogen) atoms. The molecular formula is C14H22N6O5. The summed E-state index contributed by atoms with van der Waals surface area (Å²) in [6.07, 6.45) is 2.02. The molecule has 0 aliphatic rings. The second-order valence-electron chi connectivity index (χ2n) is 6.36. The molecule has 7 N–H and O–H groups in total. The number of aromatic amines is 1. The average Bonchev–Trinajstić information content (AvgIpc) is 2.93. The summed E-state index contributed by atoms with van der Waals surface area (Å²) in [5, 5.41) is 18.6. The number of carboxylic acid groups (broad SMARTS) is 1. The second-order valence-corrected chi connectivity index (χ2v) is 6.36. The smallest absolute Gasteiger partial charge is 0.351 e. The number of nitrogens with two attached hydrogens (primary N) is 2. The third-order valence-electron chi connectivity index (χ3n) is 4.22. The van der Waals surface area contributed by atoms with Gasteiger partial charge in [-0.3, -0.25) is 15.1 Å². The number of nitrogen functional groups attached to an aromatic ring is 1. The summed E-state index contributed by atoms with van der Waals surface area (Å²) in [5.41, 5.74) is 8.26. The molecule has 2 aromatic heterocycles. The van der Waals surface area contributed by atoms with E-state index in [9.17, 15) is 14.7 Å². The number of carboxylic acids is 1. The van der Waals surface area contributed by atoms with Crippen LogP contribution in [0.4, 0.5) is 5.95 Å². The summed E-state index contributed by atoms with van der Waals surface area (Å²) in [6.45, 7) is 2.93. The summed E-state index contributed by atoms with van der Waals surface area (Å²) in [7, 11) is 0. The highest BCUT2D eigenvalue weighted by molar-refractivity contribution is 5.77. The highest BCUT2D eigenvalue weighted by atomic mass is 16.5. The lowest BCUT2D eigenvalue weighted by Crippen LogP contribution is -2.61. The third kappa shape index (κ3) is 3.48. The normalized spacial score (nSPS) is 14.6. The molecule has 138 valence electrons. The van der Waals surface area contributed by atoms with Crippen molar-refractivity contribution in [3.8, 4) is 0 Å². The molecule has 0 fully saturated rings. The molecule has 0 saturated heterocycles. The number of ether oxygens (including phenoxy) is 1. The molecule has 0 saturated carbocycles. The molecule has 0 bridgehead atoms. The van der Waals surface area contributed by atoms with Gasteiger partial charge in [0.25, 0.3) is 0 Å². The van der Waals surface area contributed by atoms with E-state index in [2.05, 4.69) is 15.0 Å². The number of anilines is 1. The van der Waals surface area contributed by atoms with Gasteiger partial charge in [0, 0.05) is 12.0 Å². The number of nitrogens with zero attached hydrogens (tertiary/aromatic N) is 3. The predicted molar refractivity (Wildman–Crippen MR) is 88.3 cm³/mol. The van der Waals surface area contributed by atoms with Crippen LogP contribution in [0.3, 0.4) is 0 Å². The average molecular weight is 354 g/mol. The molecule has 2 heterocycles. The van der Waals surface area contributed by atoms with Gasteiger partial charge in [0.2, 0.25) is 11.7 Å². The highest BCUT2D eigenvalue weighted by Crippen LogP contribution is 2.35. The lowest BCUT2D eigenvalue weighted by molar-refractivity contribution is -0.194. The molecular weight excluding hydrogens is 332 g/mol. The van der Waals surface area contributed by atoms with Crippen LogP contribution in [-0.4, -0.2) is 48.0 Å². The largest absolute Gasteiger partial charge is 0.478 e. The zero-order valence-electron chi connectivity index (χ0n) is 14.0. The minimum absolute atomic E-state index is 0.0512. The molecule has 0 aliphatic heterocycles. The first-order valence-corrected chi connectivity index (χ1v) is 7.60. The monoisotopic (exact) mass is 354 g/mol. The van der Waals surface area contributed by atoms with Crippen LogP contribution in [0.2, 0.25) is 0 Å². The van der Waals surface area contributed by atoms with Gasteiger partial charge in [0.05, 0.1) is 6.33 Å². The Balaban J connectivity index is 2.31. The third-order valence-corrected chi connectivity index (χ3v) is 4.22. The maximum Gasteiger partial charge on any atom is 0.351 e. The summed E-state index contributed by atoms with van der Waals surface area (Å²) >= 11 is 0. The number of aliphatic hydroxyl groups excluding tert-OH is 1. The van der Waals surface area contributed by atoms with Crippen LogP contribution < -0.4 is 17.0 Å². The van der Waals surface area contributed by atoms with E-state index in [-0.39, 0.29) is 30.4 Å². The van der Waals surface area contributed by atoms with Crippen molar-refractivity contribution in [3.05, 3.63) is 16.7 Å². The number of imidazole rings is 1. The van der Waals surface area contributed by atoms with Gasteiger partial charge in [-0.25, -0.2) is 9.78 Å². The molecule has 0 spiro atoms. The summed E-state index contributed by atoms with van der Waals surface area (Å²) < 4.78 is 6.90. The van der Waals surface area contributed by atoms with Gasteiger partial charge in [-0.05, 0) is 12.8 Å². The van der Waals surface area contributed by atoms with E-state index in [0.717, 1.165) is 0 Å². The number of hydrogen-bond acceptors (Lipinski definition) is 8. The molecule has 0 unspecified atom stereocenters. The molecule has 2 rings (SSSR count). The Morgan fingerprint density at radius 3 is 2.76 bits per heavy atom. The zero-order chi connectivity index (χ0) is 18.8. The molecule has 0 amide bonds. The van der Waals surface area contributed by atoms with Crippen molar-refractivity contribution < 1.29 is 19.7 Å². The number of carbonyl (C=O) groups is 1. The highest BCUT2D eigenvalue weighted by Gasteiger charge is 2.49.